The smallest absolute Gasteiger partial charge is 0.335 e. The molecule has 1 aromatic carbocycles. The van der Waals surface area contributed by atoms with E-state index in [1.807, 2.05) is 0 Å². The Kier molecular flexibility index (Phi) is 3.28. The van der Waals surface area contributed by atoms with Crippen molar-refractivity contribution in [3.05, 3.63) is 47.0 Å². The van der Waals surface area contributed by atoms with Gasteiger partial charge in [-0.3, -0.25) is 0 Å². The maximum absolute atomic E-state index is 10.7. The van der Waals surface area contributed by atoms with Crippen molar-refractivity contribution in [2.24, 2.45) is 5.73 Å². The number of benzene rings is 1. The highest BCUT2D eigenvalue weighted by atomic mass is 35.5. The number of nitrogens with two attached hydrogens (primary N) is 1. The summed E-state index contributed by atoms with van der Waals surface area (Å²) in [4.78, 5) is 10.7. The van der Waals surface area contributed by atoms with Crippen LogP contribution in [0.2, 0.25) is 5.02 Å². The molecule has 14 heavy (non-hydrogen) atoms. The van der Waals surface area contributed by atoms with E-state index in [1.165, 1.54) is 24.3 Å². The second-order valence-electron chi connectivity index (χ2n) is 2.80. The zero-order chi connectivity index (χ0) is 10.7. The average Bonchev–Trinajstić information content (AvgIpc) is 2.17. The predicted octanol–water partition coefficient (Wildman–Crippen LogP) is 2.22. The molecule has 0 heterocycles. The van der Waals surface area contributed by atoms with Crippen molar-refractivity contribution in [2.75, 3.05) is 0 Å². The van der Waals surface area contributed by atoms with Crippen LogP contribution in [-0.2, 0) is 0 Å². The van der Waals surface area contributed by atoms with Crippen LogP contribution in [0.1, 0.15) is 22.0 Å². The molecular weight excluding hydrogens is 202 g/mol. The molecule has 3 nitrogen and oxygen atoms in total. The Morgan fingerprint density at radius 2 is 2.29 bits per heavy atom. The number of carboxylic acid groups (broad SMARTS) is 1. The summed E-state index contributed by atoms with van der Waals surface area (Å²) < 4.78 is 0. The fraction of sp³-hybridized carbons (Fsp3) is 0.100. The monoisotopic (exact) mass is 211 g/mol. The number of hydrogen-bond acceptors (Lipinski definition) is 2. The summed E-state index contributed by atoms with van der Waals surface area (Å²) in [6.07, 6.45) is 1.51. The Balaban J connectivity index is 3.20. The normalized spacial score (nSPS) is 12.1. The third-order valence-corrected chi connectivity index (χ3v) is 2.20. The number of aromatic carboxylic acids is 1. The van der Waals surface area contributed by atoms with Crippen LogP contribution in [-0.4, -0.2) is 11.1 Å². The Morgan fingerprint density at radius 3 is 2.79 bits per heavy atom. The first-order valence-electron chi connectivity index (χ1n) is 3.97. The van der Waals surface area contributed by atoms with Gasteiger partial charge in [0.15, 0.2) is 0 Å². The van der Waals surface area contributed by atoms with E-state index in [4.69, 9.17) is 22.4 Å². The first-order valence-corrected chi connectivity index (χ1v) is 4.35. The Labute approximate surface area is 86.8 Å². The quantitative estimate of drug-likeness (QED) is 0.754. The molecule has 1 aromatic rings. The lowest BCUT2D eigenvalue weighted by molar-refractivity contribution is 0.0697. The van der Waals surface area contributed by atoms with Gasteiger partial charge in [-0.25, -0.2) is 4.79 Å². The minimum Gasteiger partial charge on any atom is -0.478 e. The third-order valence-electron chi connectivity index (χ3n) is 1.86. The highest BCUT2D eigenvalue weighted by Crippen LogP contribution is 2.23. The maximum Gasteiger partial charge on any atom is 0.335 e. The van der Waals surface area contributed by atoms with E-state index >= 15 is 0 Å². The van der Waals surface area contributed by atoms with Crippen LogP contribution >= 0.6 is 11.6 Å². The average molecular weight is 212 g/mol. The van der Waals surface area contributed by atoms with Gasteiger partial charge >= 0.3 is 5.97 Å². The summed E-state index contributed by atoms with van der Waals surface area (Å²) in [7, 11) is 0. The van der Waals surface area contributed by atoms with E-state index in [9.17, 15) is 4.79 Å². The fourth-order valence-corrected chi connectivity index (χ4v) is 1.30. The van der Waals surface area contributed by atoms with Crippen LogP contribution < -0.4 is 5.73 Å². The van der Waals surface area contributed by atoms with Crippen molar-refractivity contribution >= 4 is 17.6 Å². The van der Waals surface area contributed by atoms with Crippen LogP contribution in [0, 0.1) is 0 Å². The van der Waals surface area contributed by atoms with Crippen LogP contribution in [0.5, 0.6) is 0 Å². The summed E-state index contributed by atoms with van der Waals surface area (Å²) in [5, 5.41) is 9.19. The van der Waals surface area contributed by atoms with Gasteiger partial charge in [0.25, 0.3) is 0 Å². The van der Waals surface area contributed by atoms with Crippen LogP contribution in [0.15, 0.2) is 30.9 Å². The highest BCUT2D eigenvalue weighted by molar-refractivity contribution is 6.31. The van der Waals surface area contributed by atoms with E-state index in [2.05, 4.69) is 6.58 Å². The summed E-state index contributed by atoms with van der Waals surface area (Å²) in [5.41, 5.74) is 6.41. The molecule has 0 saturated heterocycles. The van der Waals surface area contributed by atoms with Crippen molar-refractivity contribution in [2.45, 2.75) is 6.04 Å². The second-order valence-corrected chi connectivity index (χ2v) is 3.21. The van der Waals surface area contributed by atoms with Crippen molar-refractivity contribution in [1.82, 2.24) is 0 Å². The minimum atomic E-state index is -1.00. The molecule has 0 radical (unpaired) electrons. The SMILES string of the molecule is C=C[C@@H](N)c1cc(C(=O)O)ccc1Cl. The molecule has 4 heteroatoms. The lowest BCUT2D eigenvalue weighted by Gasteiger charge is -2.09. The van der Waals surface area contributed by atoms with Crippen LogP contribution in [0.3, 0.4) is 0 Å². The van der Waals surface area contributed by atoms with Crippen LogP contribution in [0.4, 0.5) is 0 Å². The second kappa shape index (κ2) is 4.26. The molecule has 0 bridgehead atoms. The topological polar surface area (TPSA) is 63.3 Å². The standard InChI is InChI=1S/C10H10ClNO2/c1-2-9(12)7-5-6(10(13)14)3-4-8(7)11/h2-5,9H,1,12H2,(H,13,14)/t9-/m1/s1. The Hall–Kier alpha value is -1.32. The summed E-state index contributed by atoms with van der Waals surface area (Å²) in [6.45, 7) is 3.52. The van der Waals surface area contributed by atoms with E-state index < -0.39 is 12.0 Å². The molecule has 0 aromatic heterocycles. The van der Waals surface area contributed by atoms with Gasteiger partial charge in [-0.15, -0.1) is 6.58 Å². The lowest BCUT2D eigenvalue weighted by atomic mass is 10.0. The van der Waals surface area contributed by atoms with Crippen molar-refractivity contribution < 1.29 is 9.90 Å². The van der Waals surface area contributed by atoms with E-state index in [0.29, 0.717) is 10.6 Å². The molecule has 0 spiro atoms. The number of halogens is 1. The first-order chi connectivity index (χ1) is 6.56. The minimum absolute atomic E-state index is 0.168. The van der Waals surface area contributed by atoms with Gasteiger partial charge in [-0.05, 0) is 23.8 Å². The van der Waals surface area contributed by atoms with Gasteiger partial charge < -0.3 is 10.8 Å². The largest absolute Gasteiger partial charge is 0.478 e. The maximum atomic E-state index is 10.7. The van der Waals surface area contributed by atoms with E-state index in [1.54, 1.807) is 0 Å². The third kappa shape index (κ3) is 2.13. The van der Waals surface area contributed by atoms with E-state index in [-0.39, 0.29) is 5.56 Å². The zero-order valence-corrected chi connectivity index (χ0v) is 8.16. The molecule has 74 valence electrons. The highest BCUT2D eigenvalue weighted by Gasteiger charge is 2.10. The molecule has 0 amide bonds. The molecular formula is C10H10ClNO2. The zero-order valence-electron chi connectivity index (χ0n) is 7.40. The molecule has 1 rings (SSSR count). The van der Waals surface area contributed by atoms with Gasteiger partial charge in [0.05, 0.1) is 5.56 Å². The Morgan fingerprint density at radius 1 is 1.64 bits per heavy atom. The number of rotatable bonds is 3. The number of carbonyl (C=O) groups is 1. The molecule has 0 aliphatic heterocycles. The predicted molar refractivity (Wildman–Crippen MR) is 55.5 cm³/mol. The van der Waals surface area contributed by atoms with Crippen molar-refractivity contribution in [3.63, 3.8) is 0 Å². The molecule has 1 atom stereocenters. The summed E-state index contributed by atoms with van der Waals surface area (Å²) >= 11 is 5.85. The first kappa shape index (κ1) is 10.8. The van der Waals surface area contributed by atoms with Crippen LogP contribution in [0.25, 0.3) is 0 Å². The van der Waals surface area contributed by atoms with Gasteiger partial charge in [-0.1, -0.05) is 17.7 Å². The van der Waals surface area contributed by atoms with Gasteiger partial charge in [-0.2, -0.15) is 0 Å². The molecule has 0 aliphatic carbocycles. The molecule has 0 aliphatic rings. The van der Waals surface area contributed by atoms with Gasteiger partial charge in [0, 0.05) is 11.1 Å². The Bertz CT molecular complexity index is 376. The summed E-state index contributed by atoms with van der Waals surface area (Å²) in [6, 6.07) is 3.96. The van der Waals surface area contributed by atoms with Gasteiger partial charge in [0.1, 0.15) is 0 Å². The molecule has 3 N–H and O–H groups in total. The van der Waals surface area contributed by atoms with E-state index in [0.717, 1.165) is 0 Å². The lowest BCUT2D eigenvalue weighted by Crippen LogP contribution is -2.08. The van der Waals surface area contributed by atoms with Crippen molar-refractivity contribution in [1.29, 1.82) is 0 Å². The van der Waals surface area contributed by atoms with Gasteiger partial charge in [0.2, 0.25) is 0 Å². The fourth-order valence-electron chi connectivity index (χ4n) is 1.06. The number of hydrogen-bond donors (Lipinski definition) is 2. The number of carboxylic acids is 1. The molecule has 0 unspecified atom stereocenters. The molecule has 0 fully saturated rings. The summed E-state index contributed by atoms with van der Waals surface area (Å²) in [5.74, 6) is -1.00. The van der Waals surface area contributed by atoms with Crippen molar-refractivity contribution in [3.8, 4) is 0 Å². The molecule has 0 saturated carbocycles.